The van der Waals surface area contributed by atoms with E-state index in [2.05, 4.69) is 92.1 Å². The smallest absolute Gasteiger partial charge is 0.391 e. The first-order valence-corrected chi connectivity index (χ1v) is 42.3. The Labute approximate surface area is 580 Å². The predicted molar refractivity (Wildman–Crippen MR) is 410 cm³/mol. The van der Waals surface area contributed by atoms with E-state index < -0.39 is 20.0 Å². The molecule has 0 bridgehead atoms. The number of hydrogen-bond donors (Lipinski definition) is 3. The van der Waals surface area contributed by atoms with Gasteiger partial charge in [0.05, 0.1) is 39.9 Å². The minimum absolute atomic E-state index is 0.0755. The molecular weight excluding hydrogens is 1160 g/mol. The molecule has 1 amide bonds. The number of carbonyl (C=O) groups is 1. The number of nitrogens with one attached hydrogen (secondary N) is 1. The molecule has 0 fully saturated rings. The average Bonchev–Trinajstić information content (AvgIpc) is 1.94. The zero-order chi connectivity index (χ0) is 67.6. The third-order valence-electron chi connectivity index (χ3n) is 18.7. The fourth-order valence-corrected chi connectivity index (χ4v) is 13.2. The largest absolute Gasteiger partial charge is 0.472 e. The van der Waals surface area contributed by atoms with Crippen molar-refractivity contribution in [3.63, 3.8) is 0 Å². The third kappa shape index (κ3) is 77.2. The maximum atomic E-state index is 13.1. The highest BCUT2D eigenvalue weighted by Crippen LogP contribution is 2.43. The van der Waals surface area contributed by atoms with E-state index in [4.69, 9.17) is 9.05 Å². The molecule has 0 heterocycles. The van der Waals surface area contributed by atoms with Crippen LogP contribution in [-0.4, -0.2) is 73.4 Å². The number of amides is 1. The van der Waals surface area contributed by atoms with E-state index in [1.54, 1.807) is 0 Å². The zero-order valence-corrected chi connectivity index (χ0v) is 63.7. The summed E-state index contributed by atoms with van der Waals surface area (Å²) in [4.78, 5) is 23.5. The van der Waals surface area contributed by atoms with Crippen LogP contribution in [0.1, 0.15) is 406 Å². The number of nitrogens with zero attached hydrogens (tertiary/aromatic N) is 1. The highest BCUT2D eigenvalue weighted by atomic mass is 31.2. The Bertz CT molecular complexity index is 1750. The topological polar surface area (TPSA) is 105 Å². The first-order chi connectivity index (χ1) is 45.5. The maximum Gasteiger partial charge on any atom is 0.472 e. The van der Waals surface area contributed by atoms with E-state index in [-0.39, 0.29) is 19.1 Å². The Morgan fingerprint density at radius 3 is 0.946 bits per heavy atom. The molecule has 0 spiro atoms. The van der Waals surface area contributed by atoms with Gasteiger partial charge in [-0.05, 0) is 64.2 Å². The van der Waals surface area contributed by atoms with Gasteiger partial charge >= 0.3 is 7.82 Å². The Morgan fingerprint density at radius 1 is 0.376 bits per heavy atom. The molecule has 0 aromatic heterocycles. The number of unbranched alkanes of at least 4 members (excludes halogenated alkanes) is 51. The SMILES string of the molecule is CC/C=C\C/C=C\C/C=C\C/C=C\C/C=C\C/C=C\CCCCCCCCCCCCCCCCCCCCCCC(=O)NC(COP(=O)(O)OCC[N+](C)(C)C)C(O)CCCCCCCCCCCCCCCCCCCCCCCCCCCCCCCCCC. The molecule has 0 radical (unpaired) electrons. The van der Waals surface area contributed by atoms with Gasteiger partial charge in [0.2, 0.25) is 5.91 Å². The lowest BCUT2D eigenvalue weighted by Crippen LogP contribution is -2.46. The number of aliphatic hydroxyl groups is 1. The highest BCUT2D eigenvalue weighted by Gasteiger charge is 2.28. The van der Waals surface area contributed by atoms with Crippen molar-refractivity contribution in [2.24, 2.45) is 0 Å². The lowest BCUT2D eigenvalue weighted by atomic mass is 10.0. The second kappa shape index (κ2) is 74.2. The van der Waals surface area contributed by atoms with Gasteiger partial charge in [-0.2, -0.15) is 0 Å². The van der Waals surface area contributed by atoms with Gasteiger partial charge < -0.3 is 19.8 Å². The molecule has 9 heteroatoms. The Kier molecular flexibility index (Phi) is 72.5. The van der Waals surface area contributed by atoms with Crippen molar-refractivity contribution >= 4 is 13.7 Å². The lowest BCUT2D eigenvalue weighted by molar-refractivity contribution is -0.870. The Morgan fingerprint density at radius 2 is 0.645 bits per heavy atom. The van der Waals surface area contributed by atoms with Crippen LogP contribution in [0.4, 0.5) is 0 Å². The number of likely N-dealkylation sites (N-methyl/N-ethyl adjacent to an activating group) is 1. The fraction of sp³-hybridized carbons (Fsp3) is 0.845. The molecule has 0 aliphatic rings. The number of phosphoric ester groups is 1. The van der Waals surface area contributed by atoms with Gasteiger partial charge in [0.15, 0.2) is 0 Å². The molecule has 3 N–H and O–H groups in total. The van der Waals surface area contributed by atoms with E-state index in [1.165, 1.54) is 302 Å². The molecule has 8 nitrogen and oxygen atoms in total. The van der Waals surface area contributed by atoms with Crippen molar-refractivity contribution in [2.45, 2.75) is 418 Å². The van der Waals surface area contributed by atoms with Crippen molar-refractivity contribution in [3.8, 4) is 0 Å². The molecule has 0 aromatic carbocycles. The van der Waals surface area contributed by atoms with Crippen molar-refractivity contribution in [1.29, 1.82) is 0 Å². The van der Waals surface area contributed by atoms with Crippen LogP contribution in [0.25, 0.3) is 0 Å². The van der Waals surface area contributed by atoms with Gasteiger partial charge in [0.1, 0.15) is 13.2 Å². The Balaban J connectivity index is 3.92. The molecule has 0 saturated heterocycles. The first-order valence-electron chi connectivity index (χ1n) is 40.8. The van der Waals surface area contributed by atoms with Crippen LogP contribution >= 0.6 is 7.82 Å². The molecule has 546 valence electrons. The van der Waals surface area contributed by atoms with Gasteiger partial charge in [-0.15, -0.1) is 0 Å². The predicted octanol–water partition coefficient (Wildman–Crippen LogP) is 26.8. The van der Waals surface area contributed by atoms with Crippen molar-refractivity contribution < 1.29 is 32.9 Å². The molecule has 3 atom stereocenters. The van der Waals surface area contributed by atoms with Gasteiger partial charge in [-0.3, -0.25) is 13.8 Å². The van der Waals surface area contributed by atoms with Crippen LogP contribution in [0.15, 0.2) is 72.9 Å². The highest BCUT2D eigenvalue weighted by molar-refractivity contribution is 7.47. The third-order valence-corrected chi connectivity index (χ3v) is 19.7. The standard InChI is InChI=1S/C84H159N2O6P/c1-6-8-10-12-14-16-18-20-22-24-26-28-30-32-34-36-38-40-41-42-43-44-45-46-48-50-52-54-56-58-60-62-64-66-68-70-72-74-76-78-84(88)85-82(81-92-93(89,90)91-80-79-86(3,4)5)83(87)77-75-73-71-69-67-65-63-61-59-57-55-53-51-49-47-39-37-35-33-31-29-27-25-23-21-19-17-15-13-11-9-7-2/h8,10,14,16,20,22,26,28,32,34,38,40,82-83,87H,6-7,9,11-13,15,17-19,21,23-25,27,29-31,33,35-37,39,41-81H2,1-5H3,(H-,85,88,89,90)/p+1/b10-8-,16-14-,22-20-,28-26-,34-32-,40-38-. The van der Waals surface area contributed by atoms with Crippen LogP contribution in [0.5, 0.6) is 0 Å². The number of allylic oxidation sites excluding steroid dienone is 12. The summed E-state index contributed by atoms with van der Waals surface area (Å²) in [5, 5.41) is 14.2. The number of hydrogen-bond acceptors (Lipinski definition) is 5. The monoisotopic (exact) mass is 1320 g/mol. The maximum absolute atomic E-state index is 13.1. The molecule has 93 heavy (non-hydrogen) atoms. The molecular formula is C84H160N2O6P+. The average molecular weight is 1330 g/mol. The minimum Gasteiger partial charge on any atom is -0.391 e. The summed E-state index contributed by atoms with van der Waals surface area (Å²) in [5.41, 5.74) is 0. The van der Waals surface area contributed by atoms with Crippen LogP contribution < -0.4 is 5.32 Å². The normalized spacial score (nSPS) is 13.8. The molecule has 0 aliphatic carbocycles. The van der Waals surface area contributed by atoms with Crippen molar-refractivity contribution in [1.82, 2.24) is 5.32 Å². The van der Waals surface area contributed by atoms with Crippen LogP contribution in [0.3, 0.4) is 0 Å². The molecule has 0 aliphatic heterocycles. The first kappa shape index (κ1) is 90.9. The summed E-state index contributed by atoms with van der Waals surface area (Å²) in [6, 6.07) is -0.764. The minimum atomic E-state index is -4.34. The van der Waals surface area contributed by atoms with Gasteiger partial charge in [0.25, 0.3) is 0 Å². The van der Waals surface area contributed by atoms with Crippen molar-refractivity contribution in [2.75, 3.05) is 40.9 Å². The molecule has 0 rings (SSSR count). The van der Waals surface area contributed by atoms with E-state index in [1.807, 2.05) is 21.1 Å². The van der Waals surface area contributed by atoms with Crippen molar-refractivity contribution in [3.05, 3.63) is 72.9 Å². The fourth-order valence-electron chi connectivity index (χ4n) is 12.5. The van der Waals surface area contributed by atoms with Crippen LogP contribution in [0.2, 0.25) is 0 Å². The van der Waals surface area contributed by atoms with Gasteiger partial charge in [0, 0.05) is 6.42 Å². The van der Waals surface area contributed by atoms with E-state index in [9.17, 15) is 19.4 Å². The second-order valence-electron chi connectivity index (χ2n) is 29.1. The summed E-state index contributed by atoms with van der Waals surface area (Å²) in [5.74, 6) is -0.137. The van der Waals surface area contributed by atoms with Crippen LogP contribution in [-0.2, 0) is 18.4 Å². The number of quaternary nitrogens is 1. The number of phosphoric acid groups is 1. The van der Waals surface area contributed by atoms with E-state index in [0.717, 1.165) is 77.0 Å². The number of rotatable bonds is 76. The van der Waals surface area contributed by atoms with E-state index >= 15 is 0 Å². The van der Waals surface area contributed by atoms with Crippen LogP contribution in [0, 0.1) is 0 Å². The summed E-state index contributed by atoms with van der Waals surface area (Å²) >= 11 is 0. The summed E-state index contributed by atoms with van der Waals surface area (Å²) in [6.45, 7) is 4.83. The summed E-state index contributed by atoms with van der Waals surface area (Å²) in [6.07, 6.45) is 105. The molecule has 0 aromatic rings. The summed E-state index contributed by atoms with van der Waals surface area (Å²) in [7, 11) is 1.63. The quantitative estimate of drug-likeness (QED) is 0.0243. The van der Waals surface area contributed by atoms with E-state index in [0.29, 0.717) is 23.9 Å². The lowest BCUT2D eigenvalue weighted by Gasteiger charge is -2.26. The Hall–Kier alpha value is -2.06. The molecule has 0 saturated carbocycles. The summed E-state index contributed by atoms with van der Waals surface area (Å²) < 4.78 is 24.0. The zero-order valence-electron chi connectivity index (χ0n) is 62.8. The number of carbonyl (C=O) groups excluding carboxylic acids is 1. The van der Waals surface area contributed by atoms with Gasteiger partial charge in [-0.1, -0.05) is 408 Å². The molecule has 3 unspecified atom stereocenters. The second-order valence-corrected chi connectivity index (χ2v) is 30.6. The van der Waals surface area contributed by atoms with Gasteiger partial charge in [-0.25, -0.2) is 4.57 Å². The number of aliphatic hydroxyl groups excluding tert-OH is 1.